The number of benzene rings is 1. The van der Waals surface area contributed by atoms with Crippen LogP contribution in [0.2, 0.25) is 0 Å². The average molecular weight is 269 g/mol. The molecule has 0 unspecified atom stereocenters. The first-order chi connectivity index (χ1) is 9.65. The Bertz CT molecular complexity index is 645. The number of aryl methyl sites for hydroxylation is 2. The normalized spacial score (nSPS) is 14.2. The molecule has 4 heteroatoms. The van der Waals surface area contributed by atoms with Gasteiger partial charge in [-0.2, -0.15) is 0 Å². The molecule has 0 spiro atoms. The number of nitrogens with zero attached hydrogens (tertiary/aromatic N) is 3. The fourth-order valence-corrected chi connectivity index (χ4v) is 2.71. The molecule has 1 aliphatic heterocycles. The summed E-state index contributed by atoms with van der Waals surface area (Å²) in [6.07, 6.45) is 3.18. The molecule has 0 bridgehead atoms. The Labute approximate surface area is 119 Å². The maximum Gasteiger partial charge on any atom is 0.227 e. The molecule has 0 fully saturated rings. The highest BCUT2D eigenvalue weighted by Gasteiger charge is 2.23. The van der Waals surface area contributed by atoms with Crippen LogP contribution >= 0.6 is 0 Å². The van der Waals surface area contributed by atoms with Gasteiger partial charge < -0.3 is 9.47 Å². The van der Waals surface area contributed by atoms with Gasteiger partial charge in [-0.3, -0.25) is 4.79 Å². The van der Waals surface area contributed by atoms with Gasteiger partial charge in [-0.25, -0.2) is 4.98 Å². The Morgan fingerprint density at radius 2 is 2.15 bits per heavy atom. The van der Waals surface area contributed by atoms with E-state index >= 15 is 0 Å². The number of carbonyl (C=O) groups excluding carboxylic acids is 1. The molecule has 1 aromatic heterocycles. The fourth-order valence-electron chi connectivity index (χ4n) is 2.71. The quantitative estimate of drug-likeness (QED) is 0.834. The third-order valence-electron chi connectivity index (χ3n) is 4.06. The summed E-state index contributed by atoms with van der Waals surface area (Å²) in [5.74, 6) is 0.200. The smallest absolute Gasteiger partial charge is 0.227 e. The van der Waals surface area contributed by atoms with Crippen LogP contribution in [0.1, 0.15) is 22.5 Å². The first-order valence-corrected chi connectivity index (χ1v) is 6.96. The van der Waals surface area contributed by atoms with Crippen molar-refractivity contribution < 1.29 is 4.79 Å². The third kappa shape index (κ3) is 2.33. The molecule has 1 amide bonds. The Kier molecular flexibility index (Phi) is 3.30. The largest absolute Gasteiger partial charge is 0.336 e. The standard InChI is InChI=1S/C16H19N3O/c1-12-5-3-4-6-13(12)9-16(20)19-8-7-14-15(10-19)18(2)11-17-14/h3-6,11H,7-10H2,1-2H3. The zero-order valence-corrected chi connectivity index (χ0v) is 12.0. The van der Waals surface area contributed by atoms with Gasteiger partial charge in [0, 0.05) is 20.0 Å². The lowest BCUT2D eigenvalue weighted by molar-refractivity contribution is -0.131. The van der Waals surface area contributed by atoms with Crippen molar-refractivity contribution in [3.63, 3.8) is 0 Å². The fraction of sp³-hybridized carbons (Fsp3) is 0.375. The second-order valence-corrected chi connectivity index (χ2v) is 5.42. The van der Waals surface area contributed by atoms with Crippen molar-refractivity contribution >= 4 is 5.91 Å². The van der Waals surface area contributed by atoms with E-state index in [0.717, 1.165) is 29.9 Å². The lowest BCUT2D eigenvalue weighted by atomic mass is 10.0. The topological polar surface area (TPSA) is 38.1 Å². The molecule has 3 rings (SSSR count). The van der Waals surface area contributed by atoms with Crippen molar-refractivity contribution in [1.29, 1.82) is 0 Å². The SMILES string of the molecule is Cc1ccccc1CC(=O)N1CCc2ncn(C)c2C1. The van der Waals surface area contributed by atoms with E-state index in [1.807, 2.05) is 41.0 Å². The summed E-state index contributed by atoms with van der Waals surface area (Å²) >= 11 is 0. The molecule has 0 saturated carbocycles. The molecule has 4 nitrogen and oxygen atoms in total. The van der Waals surface area contributed by atoms with Gasteiger partial charge in [0.15, 0.2) is 0 Å². The molecule has 2 aromatic rings. The number of carbonyl (C=O) groups is 1. The monoisotopic (exact) mass is 269 g/mol. The zero-order chi connectivity index (χ0) is 14.1. The van der Waals surface area contributed by atoms with E-state index < -0.39 is 0 Å². The summed E-state index contributed by atoms with van der Waals surface area (Å²) in [7, 11) is 1.99. The molecular weight excluding hydrogens is 250 g/mol. The van der Waals surface area contributed by atoms with Crippen molar-refractivity contribution in [3.8, 4) is 0 Å². The minimum absolute atomic E-state index is 0.200. The van der Waals surface area contributed by atoms with Crippen molar-refractivity contribution in [3.05, 3.63) is 53.1 Å². The summed E-state index contributed by atoms with van der Waals surface area (Å²) in [5, 5.41) is 0. The first kappa shape index (κ1) is 12.9. The highest BCUT2D eigenvalue weighted by atomic mass is 16.2. The number of hydrogen-bond acceptors (Lipinski definition) is 2. The second-order valence-electron chi connectivity index (χ2n) is 5.42. The molecule has 1 aliphatic rings. The van der Waals surface area contributed by atoms with Crippen molar-refractivity contribution in [2.45, 2.75) is 26.3 Å². The lowest BCUT2D eigenvalue weighted by Gasteiger charge is -2.27. The van der Waals surface area contributed by atoms with E-state index in [4.69, 9.17) is 0 Å². The Hall–Kier alpha value is -2.10. The summed E-state index contributed by atoms with van der Waals surface area (Å²) in [5.41, 5.74) is 4.59. The van der Waals surface area contributed by atoms with Crippen LogP contribution in [0.3, 0.4) is 0 Å². The van der Waals surface area contributed by atoms with Crippen LogP contribution in [0, 0.1) is 6.92 Å². The number of rotatable bonds is 2. The summed E-state index contributed by atoms with van der Waals surface area (Å²) in [4.78, 5) is 18.8. The summed E-state index contributed by atoms with van der Waals surface area (Å²) in [6.45, 7) is 3.50. The molecule has 0 saturated heterocycles. The first-order valence-electron chi connectivity index (χ1n) is 6.96. The van der Waals surface area contributed by atoms with Gasteiger partial charge in [0.2, 0.25) is 5.91 Å². The van der Waals surface area contributed by atoms with E-state index in [0.29, 0.717) is 13.0 Å². The third-order valence-corrected chi connectivity index (χ3v) is 4.06. The highest BCUT2D eigenvalue weighted by molar-refractivity contribution is 5.79. The van der Waals surface area contributed by atoms with Gasteiger partial charge in [0.05, 0.1) is 30.7 Å². The Morgan fingerprint density at radius 3 is 2.95 bits per heavy atom. The summed E-state index contributed by atoms with van der Waals surface area (Å²) in [6, 6.07) is 8.09. The van der Waals surface area contributed by atoms with Crippen molar-refractivity contribution in [2.24, 2.45) is 7.05 Å². The number of aromatic nitrogens is 2. The number of hydrogen-bond donors (Lipinski definition) is 0. The van der Waals surface area contributed by atoms with Crippen LogP contribution in [0.5, 0.6) is 0 Å². The molecule has 2 heterocycles. The maximum atomic E-state index is 12.5. The Morgan fingerprint density at radius 1 is 1.35 bits per heavy atom. The van der Waals surface area contributed by atoms with Gasteiger partial charge in [0.25, 0.3) is 0 Å². The van der Waals surface area contributed by atoms with Gasteiger partial charge >= 0.3 is 0 Å². The zero-order valence-electron chi connectivity index (χ0n) is 12.0. The van der Waals surface area contributed by atoms with Gasteiger partial charge in [-0.15, -0.1) is 0 Å². The van der Waals surface area contributed by atoms with Crippen LogP contribution in [0.4, 0.5) is 0 Å². The molecule has 20 heavy (non-hydrogen) atoms. The van der Waals surface area contributed by atoms with E-state index in [-0.39, 0.29) is 5.91 Å². The molecule has 0 atom stereocenters. The number of amides is 1. The predicted octanol–water partition coefficient (Wildman–Crippen LogP) is 1.86. The minimum Gasteiger partial charge on any atom is -0.336 e. The van der Waals surface area contributed by atoms with E-state index in [2.05, 4.69) is 18.0 Å². The Balaban J connectivity index is 1.73. The second kappa shape index (κ2) is 5.12. The van der Waals surface area contributed by atoms with Gasteiger partial charge in [0.1, 0.15) is 0 Å². The van der Waals surface area contributed by atoms with Gasteiger partial charge in [-0.1, -0.05) is 24.3 Å². The van der Waals surface area contributed by atoms with Gasteiger partial charge in [-0.05, 0) is 18.1 Å². The molecule has 0 radical (unpaired) electrons. The van der Waals surface area contributed by atoms with Crippen molar-refractivity contribution in [2.75, 3.05) is 6.54 Å². The summed E-state index contributed by atoms with van der Waals surface area (Å²) < 4.78 is 2.02. The van der Waals surface area contributed by atoms with E-state index in [9.17, 15) is 4.79 Å². The number of fused-ring (bicyclic) bond motifs is 1. The van der Waals surface area contributed by atoms with Crippen LogP contribution in [0.15, 0.2) is 30.6 Å². The lowest BCUT2D eigenvalue weighted by Crippen LogP contribution is -2.37. The highest BCUT2D eigenvalue weighted by Crippen LogP contribution is 2.18. The minimum atomic E-state index is 0.200. The number of imidazole rings is 1. The van der Waals surface area contributed by atoms with E-state index in [1.165, 1.54) is 5.56 Å². The molecule has 104 valence electrons. The molecule has 1 aromatic carbocycles. The molecule has 0 N–H and O–H groups in total. The maximum absolute atomic E-state index is 12.5. The van der Waals surface area contributed by atoms with Crippen molar-refractivity contribution in [1.82, 2.24) is 14.5 Å². The molecule has 0 aliphatic carbocycles. The van der Waals surface area contributed by atoms with Crippen LogP contribution < -0.4 is 0 Å². The van der Waals surface area contributed by atoms with Crippen LogP contribution in [-0.2, 0) is 31.2 Å². The van der Waals surface area contributed by atoms with E-state index in [1.54, 1.807) is 0 Å². The average Bonchev–Trinajstić information content (AvgIpc) is 2.82. The predicted molar refractivity (Wildman–Crippen MR) is 77.2 cm³/mol. The van der Waals surface area contributed by atoms with Crippen LogP contribution in [-0.4, -0.2) is 26.9 Å². The van der Waals surface area contributed by atoms with Crippen LogP contribution in [0.25, 0.3) is 0 Å². The molecular formula is C16H19N3O.